The number of nitrogens with zero attached hydrogens (tertiary/aromatic N) is 2. The number of thiocarbonyl (C=S) groups is 1. The Bertz CT molecular complexity index is 615. The standard InChI is InChI=1S/C13H18N4O3S/c1-12(2)7-13(3,18)16(11(21)15-12)10-6-8(17(19)20)4-5-9(10)14/h4-6,18H,7,14H2,1-3H3,(H,15,21). The van der Waals surface area contributed by atoms with E-state index < -0.39 is 10.6 Å². The number of nitrogens with one attached hydrogen (secondary N) is 1. The molecule has 0 bridgehead atoms. The van der Waals surface area contributed by atoms with E-state index >= 15 is 0 Å². The summed E-state index contributed by atoms with van der Waals surface area (Å²) < 4.78 is 0. The third-order valence-electron chi connectivity index (χ3n) is 3.37. The van der Waals surface area contributed by atoms with Crippen LogP contribution in [-0.4, -0.2) is 26.4 Å². The summed E-state index contributed by atoms with van der Waals surface area (Å²) in [6.45, 7) is 5.45. The number of nitro groups is 1. The fraction of sp³-hybridized carbons (Fsp3) is 0.462. The molecule has 0 saturated carbocycles. The first kappa shape index (κ1) is 15.5. The Balaban J connectivity index is 2.52. The number of non-ortho nitro benzene ring substituents is 1. The van der Waals surface area contributed by atoms with Gasteiger partial charge in [-0.3, -0.25) is 15.0 Å². The van der Waals surface area contributed by atoms with Crippen LogP contribution >= 0.6 is 12.2 Å². The van der Waals surface area contributed by atoms with Crippen molar-refractivity contribution in [3.05, 3.63) is 28.3 Å². The normalized spacial score (nSPS) is 24.6. The first-order valence-electron chi connectivity index (χ1n) is 6.42. The number of benzene rings is 1. The quantitative estimate of drug-likeness (QED) is 0.331. The van der Waals surface area contributed by atoms with Gasteiger partial charge in [0.25, 0.3) is 5.69 Å². The average molecular weight is 310 g/mol. The molecule has 114 valence electrons. The predicted molar refractivity (Wildman–Crippen MR) is 85.0 cm³/mol. The minimum Gasteiger partial charge on any atom is -0.397 e. The minimum absolute atomic E-state index is 0.109. The Labute approximate surface area is 127 Å². The van der Waals surface area contributed by atoms with Gasteiger partial charge in [0, 0.05) is 24.1 Å². The molecule has 0 radical (unpaired) electrons. The highest BCUT2D eigenvalue weighted by Crippen LogP contribution is 2.38. The summed E-state index contributed by atoms with van der Waals surface area (Å²) in [5.74, 6) is 0. The lowest BCUT2D eigenvalue weighted by Crippen LogP contribution is -2.66. The predicted octanol–water partition coefficient (Wildman–Crippen LogP) is 1.75. The van der Waals surface area contributed by atoms with E-state index in [1.165, 1.54) is 23.1 Å². The molecule has 2 rings (SSSR count). The lowest BCUT2D eigenvalue weighted by molar-refractivity contribution is -0.384. The monoisotopic (exact) mass is 310 g/mol. The molecule has 1 aromatic rings. The van der Waals surface area contributed by atoms with Crippen LogP contribution in [0.1, 0.15) is 27.2 Å². The van der Waals surface area contributed by atoms with Crippen molar-refractivity contribution in [1.29, 1.82) is 0 Å². The van der Waals surface area contributed by atoms with Gasteiger partial charge in [0.15, 0.2) is 5.11 Å². The maximum Gasteiger partial charge on any atom is 0.271 e. The molecule has 7 nitrogen and oxygen atoms in total. The fourth-order valence-corrected chi connectivity index (χ4v) is 3.30. The SMILES string of the molecule is CC1(C)CC(C)(O)N(c2cc([N+](=O)[O-])ccc2N)C(=S)N1. The van der Waals surface area contributed by atoms with Gasteiger partial charge in [-0.15, -0.1) is 0 Å². The molecular weight excluding hydrogens is 292 g/mol. The molecule has 4 N–H and O–H groups in total. The van der Waals surface area contributed by atoms with Crippen LogP contribution in [0.25, 0.3) is 0 Å². The van der Waals surface area contributed by atoms with Crippen LogP contribution in [0.3, 0.4) is 0 Å². The van der Waals surface area contributed by atoms with Crippen LogP contribution in [0.15, 0.2) is 18.2 Å². The Kier molecular flexibility index (Phi) is 3.54. The van der Waals surface area contributed by atoms with Crippen molar-refractivity contribution in [2.24, 2.45) is 0 Å². The first-order valence-corrected chi connectivity index (χ1v) is 6.83. The minimum atomic E-state index is -1.30. The molecule has 1 saturated heterocycles. The Hall–Kier alpha value is -1.93. The van der Waals surface area contributed by atoms with Crippen molar-refractivity contribution in [1.82, 2.24) is 5.32 Å². The number of nitro benzene ring substituents is 1. The summed E-state index contributed by atoms with van der Waals surface area (Å²) in [6.07, 6.45) is 0.377. The van der Waals surface area contributed by atoms with Crippen LogP contribution in [0, 0.1) is 10.1 Å². The maximum atomic E-state index is 10.9. The van der Waals surface area contributed by atoms with E-state index in [0.717, 1.165) is 0 Å². The highest BCUT2D eigenvalue weighted by molar-refractivity contribution is 7.80. The van der Waals surface area contributed by atoms with Crippen molar-refractivity contribution in [2.45, 2.75) is 38.5 Å². The lowest BCUT2D eigenvalue weighted by atomic mass is 9.90. The van der Waals surface area contributed by atoms with Crippen molar-refractivity contribution >= 4 is 34.4 Å². The zero-order valence-electron chi connectivity index (χ0n) is 12.1. The van der Waals surface area contributed by atoms with Gasteiger partial charge < -0.3 is 16.2 Å². The number of nitrogen functional groups attached to an aromatic ring is 1. The van der Waals surface area contributed by atoms with Crippen LogP contribution < -0.4 is 16.0 Å². The van der Waals surface area contributed by atoms with Gasteiger partial charge in [-0.2, -0.15) is 0 Å². The molecule has 21 heavy (non-hydrogen) atoms. The molecule has 0 aliphatic carbocycles. The number of hydrogen-bond acceptors (Lipinski definition) is 5. The van der Waals surface area contributed by atoms with Crippen LogP contribution in [0.5, 0.6) is 0 Å². The van der Waals surface area contributed by atoms with Crippen molar-refractivity contribution in [2.75, 3.05) is 10.6 Å². The van der Waals surface area contributed by atoms with E-state index in [1.54, 1.807) is 6.92 Å². The van der Waals surface area contributed by atoms with Gasteiger partial charge in [-0.05, 0) is 39.1 Å². The topological polar surface area (TPSA) is 105 Å². The molecule has 0 aromatic heterocycles. The van der Waals surface area contributed by atoms with Crippen molar-refractivity contribution in [3.8, 4) is 0 Å². The zero-order chi connectivity index (χ0) is 16.0. The lowest BCUT2D eigenvalue weighted by Gasteiger charge is -2.49. The number of hydrogen-bond donors (Lipinski definition) is 3. The molecule has 1 atom stereocenters. The average Bonchev–Trinajstić information content (AvgIpc) is 2.27. The highest BCUT2D eigenvalue weighted by Gasteiger charge is 2.44. The Morgan fingerprint density at radius 1 is 1.48 bits per heavy atom. The van der Waals surface area contributed by atoms with E-state index in [1.807, 2.05) is 13.8 Å². The Morgan fingerprint density at radius 3 is 2.62 bits per heavy atom. The second kappa shape index (κ2) is 4.81. The van der Waals surface area contributed by atoms with Crippen molar-refractivity contribution < 1.29 is 10.0 Å². The number of nitrogens with two attached hydrogens (primary N) is 1. The number of anilines is 2. The fourth-order valence-electron chi connectivity index (χ4n) is 2.73. The molecule has 1 aromatic carbocycles. The maximum absolute atomic E-state index is 10.9. The molecule has 1 aliphatic rings. The molecular formula is C13H18N4O3S. The molecule has 0 amide bonds. The molecule has 1 unspecified atom stereocenters. The van der Waals surface area contributed by atoms with Crippen LogP contribution in [0.4, 0.5) is 17.1 Å². The summed E-state index contributed by atoms with van der Waals surface area (Å²) in [5, 5.41) is 25.0. The second-order valence-corrected chi connectivity index (χ2v) is 6.43. The van der Waals surface area contributed by atoms with E-state index in [-0.39, 0.29) is 16.3 Å². The number of aliphatic hydroxyl groups is 1. The summed E-state index contributed by atoms with van der Waals surface area (Å²) in [4.78, 5) is 11.8. The van der Waals surface area contributed by atoms with Gasteiger partial charge in [0.1, 0.15) is 5.72 Å². The van der Waals surface area contributed by atoms with E-state index in [4.69, 9.17) is 18.0 Å². The molecule has 0 spiro atoms. The summed E-state index contributed by atoms with van der Waals surface area (Å²) >= 11 is 5.31. The number of rotatable bonds is 2. The van der Waals surface area contributed by atoms with E-state index in [0.29, 0.717) is 17.8 Å². The molecule has 1 heterocycles. The summed E-state index contributed by atoms with van der Waals surface area (Å²) in [6, 6.07) is 4.07. The van der Waals surface area contributed by atoms with Crippen LogP contribution in [0.2, 0.25) is 0 Å². The largest absolute Gasteiger partial charge is 0.397 e. The van der Waals surface area contributed by atoms with Gasteiger partial charge in [0.2, 0.25) is 0 Å². The smallest absolute Gasteiger partial charge is 0.271 e. The third kappa shape index (κ3) is 2.91. The van der Waals surface area contributed by atoms with Gasteiger partial charge >= 0.3 is 0 Å². The van der Waals surface area contributed by atoms with E-state index in [2.05, 4.69) is 5.32 Å². The first-order chi connectivity index (χ1) is 9.53. The molecule has 8 heteroatoms. The Morgan fingerprint density at radius 2 is 2.10 bits per heavy atom. The summed E-state index contributed by atoms with van der Waals surface area (Å²) in [7, 11) is 0. The molecule has 1 aliphatic heterocycles. The third-order valence-corrected chi connectivity index (χ3v) is 3.66. The summed E-state index contributed by atoms with van der Waals surface area (Å²) in [5.41, 5.74) is 4.75. The van der Waals surface area contributed by atoms with Gasteiger partial charge in [0.05, 0.1) is 16.3 Å². The second-order valence-electron chi connectivity index (χ2n) is 6.04. The van der Waals surface area contributed by atoms with E-state index in [9.17, 15) is 15.2 Å². The van der Waals surface area contributed by atoms with Crippen LogP contribution in [-0.2, 0) is 0 Å². The van der Waals surface area contributed by atoms with Gasteiger partial charge in [-0.1, -0.05) is 0 Å². The highest BCUT2D eigenvalue weighted by atomic mass is 32.1. The van der Waals surface area contributed by atoms with Crippen molar-refractivity contribution in [3.63, 3.8) is 0 Å². The molecule has 1 fully saturated rings. The van der Waals surface area contributed by atoms with Gasteiger partial charge in [-0.25, -0.2) is 0 Å². The zero-order valence-corrected chi connectivity index (χ0v) is 12.9.